The summed E-state index contributed by atoms with van der Waals surface area (Å²) in [6.45, 7) is 10.9. The summed E-state index contributed by atoms with van der Waals surface area (Å²) < 4.78 is 0. The van der Waals surface area contributed by atoms with Gasteiger partial charge in [0.15, 0.2) is 0 Å². The van der Waals surface area contributed by atoms with Gasteiger partial charge in [-0.25, -0.2) is 4.98 Å². The Kier molecular flexibility index (Phi) is 3.38. The number of hydrogen-bond donors (Lipinski definition) is 1. The second-order valence-corrected chi connectivity index (χ2v) is 5.41. The standard InChI is InChI=1S/C11H19N3S/c1-4-14(10-5-12-6-10)7-11-13-8(2)9(3)15-11/h10,12H,4-7H2,1-3H3. The van der Waals surface area contributed by atoms with Gasteiger partial charge in [0.1, 0.15) is 5.01 Å². The van der Waals surface area contributed by atoms with Gasteiger partial charge in [-0.05, 0) is 20.4 Å². The number of likely N-dealkylation sites (N-methyl/N-ethyl adjacent to an activating group) is 1. The molecule has 1 aliphatic rings. The van der Waals surface area contributed by atoms with Crippen LogP contribution < -0.4 is 5.32 Å². The van der Waals surface area contributed by atoms with E-state index < -0.39 is 0 Å². The van der Waals surface area contributed by atoms with E-state index in [4.69, 9.17) is 0 Å². The highest BCUT2D eigenvalue weighted by atomic mass is 32.1. The largest absolute Gasteiger partial charge is 0.314 e. The third-order valence-electron chi connectivity index (χ3n) is 3.09. The molecular formula is C11H19N3S. The van der Waals surface area contributed by atoms with Crippen molar-refractivity contribution in [2.45, 2.75) is 33.4 Å². The van der Waals surface area contributed by atoms with E-state index in [-0.39, 0.29) is 0 Å². The molecule has 2 heterocycles. The number of rotatable bonds is 4. The molecule has 1 fully saturated rings. The van der Waals surface area contributed by atoms with Gasteiger partial charge in [0, 0.05) is 24.0 Å². The number of aryl methyl sites for hydroxylation is 2. The first-order valence-corrected chi connectivity index (χ1v) is 6.40. The predicted molar refractivity (Wildman–Crippen MR) is 64.3 cm³/mol. The Hall–Kier alpha value is -0.450. The molecule has 3 nitrogen and oxygen atoms in total. The Bertz CT molecular complexity index is 311. The molecule has 0 aromatic carbocycles. The second kappa shape index (κ2) is 4.60. The molecule has 1 saturated heterocycles. The second-order valence-electron chi connectivity index (χ2n) is 4.12. The summed E-state index contributed by atoms with van der Waals surface area (Å²) in [7, 11) is 0. The van der Waals surface area contributed by atoms with Crippen molar-refractivity contribution in [2.24, 2.45) is 0 Å². The van der Waals surface area contributed by atoms with E-state index >= 15 is 0 Å². The van der Waals surface area contributed by atoms with Crippen LogP contribution in [-0.2, 0) is 6.54 Å². The summed E-state index contributed by atoms with van der Waals surface area (Å²) in [5, 5.41) is 4.58. The zero-order valence-corrected chi connectivity index (χ0v) is 10.5. The molecule has 0 radical (unpaired) electrons. The molecule has 0 unspecified atom stereocenters. The Labute approximate surface area is 95.5 Å². The Morgan fingerprint density at radius 3 is 2.60 bits per heavy atom. The molecule has 1 aliphatic heterocycles. The first kappa shape index (κ1) is 11.0. The van der Waals surface area contributed by atoms with Crippen LogP contribution in [0.25, 0.3) is 0 Å². The maximum atomic E-state index is 4.60. The quantitative estimate of drug-likeness (QED) is 0.843. The number of nitrogens with zero attached hydrogens (tertiary/aromatic N) is 2. The minimum atomic E-state index is 0.722. The fourth-order valence-corrected chi connectivity index (χ4v) is 2.77. The molecule has 0 atom stereocenters. The molecule has 1 aromatic heterocycles. The average Bonchev–Trinajstić information content (AvgIpc) is 2.42. The third-order valence-corrected chi connectivity index (χ3v) is 4.15. The van der Waals surface area contributed by atoms with Crippen molar-refractivity contribution in [3.05, 3.63) is 15.6 Å². The van der Waals surface area contributed by atoms with Gasteiger partial charge in [-0.2, -0.15) is 0 Å². The van der Waals surface area contributed by atoms with Crippen molar-refractivity contribution < 1.29 is 0 Å². The molecule has 0 amide bonds. The van der Waals surface area contributed by atoms with Crippen molar-refractivity contribution in [1.82, 2.24) is 15.2 Å². The monoisotopic (exact) mass is 225 g/mol. The lowest BCUT2D eigenvalue weighted by Crippen LogP contribution is -2.56. The smallest absolute Gasteiger partial charge is 0.107 e. The van der Waals surface area contributed by atoms with E-state index in [9.17, 15) is 0 Å². The van der Waals surface area contributed by atoms with Gasteiger partial charge in [0.05, 0.1) is 12.2 Å². The fraction of sp³-hybridized carbons (Fsp3) is 0.727. The molecule has 0 aliphatic carbocycles. The summed E-state index contributed by atoms with van der Waals surface area (Å²) >= 11 is 1.84. The summed E-state index contributed by atoms with van der Waals surface area (Å²) in [6, 6.07) is 0.722. The predicted octanol–water partition coefficient (Wildman–Crippen LogP) is 1.55. The first-order chi connectivity index (χ1) is 7.20. The zero-order chi connectivity index (χ0) is 10.8. The molecular weight excluding hydrogens is 206 g/mol. The molecule has 0 bridgehead atoms. The minimum Gasteiger partial charge on any atom is -0.314 e. The zero-order valence-electron chi connectivity index (χ0n) is 9.71. The van der Waals surface area contributed by atoms with E-state index in [0.717, 1.165) is 32.2 Å². The van der Waals surface area contributed by atoms with Gasteiger partial charge >= 0.3 is 0 Å². The molecule has 2 rings (SSSR count). The molecule has 0 spiro atoms. The van der Waals surface area contributed by atoms with Gasteiger partial charge < -0.3 is 5.32 Å². The fourth-order valence-electron chi connectivity index (χ4n) is 1.81. The minimum absolute atomic E-state index is 0.722. The lowest BCUT2D eigenvalue weighted by molar-refractivity contribution is 0.145. The molecule has 1 aromatic rings. The van der Waals surface area contributed by atoms with E-state index in [0.29, 0.717) is 0 Å². The van der Waals surface area contributed by atoms with E-state index in [1.165, 1.54) is 15.6 Å². The average molecular weight is 225 g/mol. The highest BCUT2D eigenvalue weighted by molar-refractivity contribution is 7.11. The summed E-state index contributed by atoms with van der Waals surface area (Å²) in [5.74, 6) is 0. The van der Waals surface area contributed by atoms with Crippen LogP contribution in [0.3, 0.4) is 0 Å². The number of thiazole rings is 1. The van der Waals surface area contributed by atoms with Crippen molar-refractivity contribution in [3.8, 4) is 0 Å². The lowest BCUT2D eigenvalue weighted by Gasteiger charge is -2.37. The van der Waals surface area contributed by atoms with Crippen LogP contribution in [0.15, 0.2) is 0 Å². The van der Waals surface area contributed by atoms with Crippen LogP contribution in [0.5, 0.6) is 0 Å². The Morgan fingerprint density at radius 2 is 2.20 bits per heavy atom. The number of nitrogens with one attached hydrogen (secondary N) is 1. The molecule has 4 heteroatoms. The van der Waals surface area contributed by atoms with Gasteiger partial charge in [-0.1, -0.05) is 6.92 Å². The van der Waals surface area contributed by atoms with E-state index in [2.05, 4.69) is 36.0 Å². The maximum absolute atomic E-state index is 4.60. The van der Waals surface area contributed by atoms with Gasteiger partial charge in [-0.3, -0.25) is 4.90 Å². The molecule has 0 saturated carbocycles. The van der Waals surface area contributed by atoms with Crippen LogP contribution in [0.1, 0.15) is 22.5 Å². The van der Waals surface area contributed by atoms with Gasteiger partial charge in [-0.15, -0.1) is 11.3 Å². The topological polar surface area (TPSA) is 28.2 Å². The Morgan fingerprint density at radius 1 is 1.47 bits per heavy atom. The van der Waals surface area contributed by atoms with Gasteiger partial charge in [0.25, 0.3) is 0 Å². The highest BCUT2D eigenvalue weighted by Crippen LogP contribution is 2.19. The summed E-state index contributed by atoms with van der Waals surface area (Å²) in [4.78, 5) is 8.46. The van der Waals surface area contributed by atoms with Crippen LogP contribution >= 0.6 is 11.3 Å². The van der Waals surface area contributed by atoms with E-state index in [1.54, 1.807) is 0 Å². The van der Waals surface area contributed by atoms with Gasteiger partial charge in [0.2, 0.25) is 0 Å². The van der Waals surface area contributed by atoms with Crippen LogP contribution in [0, 0.1) is 13.8 Å². The van der Waals surface area contributed by atoms with Crippen molar-refractivity contribution in [1.29, 1.82) is 0 Å². The third kappa shape index (κ3) is 2.38. The normalized spacial score (nSPS) is 17.1. The summed E-state index contributed by atoms with van der Waals surface area (Å²) in [5.41, 5.74) is 1.19. The van der Waals surface area contributed by atoms with Crippen molar-refractivity contribution >= 4 is 11.3 Å². The first-order valence-electron chi connectivity index (χ1n) is 5.58. The Balaban J connectivity index is 1.99. The number of hydrogen-bond acceptors (Lipinski definition) is 4. The maximum Gasteiger partial charge on any atom is 0.107 e. The highest BCUT2D eigenvalue weighted by Gasteiger charge is 2.24. The molecule has 84 valence electrons. The van der Waals surface area contributed by atoms with Crippen LogP contribution in [-0.4, -0.2) is 35.6 Å². The van der Waals surface area contributed by atoms with Crippen molar-refractivity contribution in [2.75, 3.05) is 19.6 Å². The number of aromatic nitrogens is 1. The summed E-state index contributed by atoms with van der Waals surface area (Å²) in [6.07, 6.45) is 0. The van der Waals surface area contributed by atoms with E-state index in [1.807, 2.05) is 11.3 Å². The van der Waals surface area contributed by atoms with Crippen LogP contribution in [0.4, 0.5) is 0 Å². The molecule has 15 heavy (non-hydrogen) atoms. The van der Waals surface area contributed by atoms with Crippen molar-refractivity contribution in [3.63, 3.8) is 0 Å². The van der Waals surface area contributed by atoms with Crippen LogP contribution in [0.2, 0.25) is 0 Å². The lowest BCUT2D eigenvalue weighted by atomic mass is 10.1. The molecule has 1 N–H and O–H groups in total. The SMILES string of the molecule is CCN(Cc1nc(C)c(C)s1)C1CNC1.